The average molecular weight is 234 g/mol. The van der Waals surface area contributed by atoms with E-state index in [0.717, 1.165) is 0 Å². The Morgan fingerprint density at radius 3 is 2.06 bits per heavy atom. The van der Waals surface area contributed by atoms with Gasteiger partial charge < -0.3 is 10.2 Å². The van der Waals surface area contributed by atoms with E-state index in [-0.39, 0.29) is 25.9 Å². The maximum Gasteiger partial charge on any atom is 0.342 e. The van der Waals surface area contributed by atoms with Gasteiger partial charge in [-0.05, 0) is 12.8 Å². The number of hydrogen-bond donors (Lipinski definition) is 2. The van der Waals surface area contributed by atoms with Gasteiger partial charge in [-0.1, -0.05) is 0 Å². The monoisotopic (exact) mass is 234 g/mol. The van der Waals surface area contributed by atoms with Crippen molar-refractivity contribution in [3.8, 4) is 0 Å². The van der Waals surface area contributed by atoms with E-state index >= 15 is 0 Å². The highest BCUT2D eigenvalue weighted by Crippen LogP contribution is 1.98. The molecule has 0 amide bonds. The minimum Gasteiger partial charge on any atom is -0.481 e. The van der Waals surface area contributed by atoms with E-state index in [1.807, 2.05) is 0 Å². The van der Waals surface area contributed by atoms with E-state index in [1.54, 1.807) is 0 Å². The molecule has 0 saturated heterocycles. The lowest BCUT2D eigenvalue weighted by Gasteiger charge is -2.02. The third kappa shape index (κ3) is 10.5. The van der Waals surface area contributed by atoms with Crippen LogP contribution in [0.3, 0.4) is 0 Å². The first-order valence-corrected chi connectivity index (χ1v) is 4.78. The molecule has 0 aromatic carbocycles. The minimum atomic E-state index is -1.08. The number of hydrogen-bond acceptors (Lipinski definition) is 5. The van der Waals surface area contributed by atoms with Crippen LogP contribution in [0, 0.1) is 0 Å². The summed E-state index contributed by atoms with van der Waals surface area (Å²) in [5, 5.41) is 16.6. The zero-order valence-electron chi connectivity index (χ0n) is 8.68. The molecule has 0 heterocycles. The van der Waals surface area contributed by atoms with Crippen molar-refractivity contribution in [3.63, 3.8) is 0 Å². The van der Waals surface area contributed by atoms with Crippen LogP contribution in [0.1, 0.15) is 32.1 Å². The number of carbonyl (C=O) groups is 3. The van der Waals surface area contributed by atoms with Crippen LogP contribution in [-0.2, 0) is 24.2 Å². The van der Waals surface area contributed by atoms with E-state index in [9.17, 15) is 14.4 Å². The van der Waals surface area contributed by atoms with E-state index in [1.165, 1.54) is 0 Å². The molecule has 0 aromatic heterocycles. The van der Waals surface area contributed by atoms with E-state index in [4.69, 9.17) is 10.2 Å². The third-order valence-corrected chi connectivity index (χ3v) is 1.56. The van der Waals surface area contributed by atoms with Crippen LogP contribution in [0.2, 0.25) is 0 Å². The van der Waals surface area contributed by atoms with Gasteiger partial charge in [0.05, 0.1) is 19.4 Å². The average Bonchev–Trinajstić information content (AvgIpc) is 2.19. The normalized spacial score (nSPS) is 9.75. The Labute approximate surface area is 91.9 Å². The molecule has 0 spiro atoms. The predicted octanol–water partition coefficient (Wildman–Crippen LogP) is 0.581. The fourth-order valence-corrected chi connectivity index (χ4v) is 0.795. The molecule has 0 aliphatic rings. The number of carbonyl (C=O) groups excluding carboxylic acids is 1. The number of carboxylic acid groups (broad SMARTS) is 2. The summed E-state index contributed by atoms with van der Waals surface area (Å²) in [6.07, 6.45) is 0.377. The molecule has 0 aliphatic carbocycles. The second kappa shape index (κ2) is 8.66. The highest BCUT2D eigenvalue weighted by Gasteiger charge is 2.07. The van der Waals surface area contributed by atoms with E-state index in [0.29, 0.717) is 12.8 Å². The van der Waals surface area contributed by atoms with Crippen LogP contribution in [0.15, 0.2) is 0 Å². The Kier molecular flexibility index (Phi) is 7.78. The largest absolute Gasteiger partial charge is 0.481 e. The molecule has 2 N–H and O–H groups in total. The van der Waals surface area contributed by atoms with Crippen LogP contribution < -0.4 is 0 Å². The molecular weight excluding hydrogens is 220 g/mol. The number of carboxylic acids is 2. The quantitative estimate of drug-likeness (QED) is 0.341. The van der Waals surface area contributed by atoms with E-state index < -0.39 is 17.9 Å². The lowest BCUT2D eigenvalue weighted by Crippen LogP contribution is -2.09. The minimum absolute atomic E-state index is 0.0380. The Morgan fingerprint density at radius 2 is 1.50 bits per heavy atom. The maximum atomic E-state index is 10.8. The molecule has 0 unspecified atom stereocenters. The number of rotatable bonds is 9. The lowest BCUT2D eigenvalue weighted by atomic mass is 10.2. The number of unbranched alkanes of at least 4 members (excludes halogenated alkanes) is 1. The summed E-state index contributed by atoms with van der Waals surface area (Å²) in [5.41, 5.74) is 0. The molecule has 7 nitrogen and oxygen atoms in total. The van der Waals surface area contributed by atoms with Gasteiger partial charge in [0.25, 0.3) is 0 Å². The van der Waals surface area contributed by atoms with Crippen molar-refractivity contribution in [2.75, 3.05) is 6.61 Å². The van der Waals surface area contributed by atoms with Crippen LogP contribution in [0.4, 0.5) is 0 Å². The Bertz CT molecular complexity index is 248. The molecule has 0 atom stereocenters. The zero-order valence-corrected chi connectivity index (χ0v) is 8.68. The van der Waals surface area contributed by atoms with Gasteiger partial charge in [0.1, 0.15) is 0 Å². The summed E-state index contributed by atoms with van der Waals surface area (Å²) in [5.74, 6) is -2.72. The van der Waals surface area contributed by atoms with Gasteiger partial charge in [-0.2, -0.15) is 4.89 Å². The smallest absolute Gasteiger partial charge is 0.342 e. The second-order valence-electron chi connectivity index (χ2n) is 3.02. The fourth-order valence-electron chi connectivity index (χ4n) is 0.795. The zero-order chi connectivity index (χ0) is 12.4. The van der Waals surface area contributed by atoms with Crippen LogP contribution >= 0.6 is 0 Å². The molecule has 0 radical (unpaired) electrons. The summed E-state index contributed by atoms with van der Waals surface area (Å²) in [4.78, 5) is 39.7. The Balaban J connectivity index is 3.27. The van der Waals surface area contributed by atoms with Gasteiger partial charge in [-0.15, -0.1) is 0 Å². The standard InChI is InChI=1S/C9H14O7/c10-7(11)3-1-2-6-15-16-9(14)5-4-8(12)13/h1-6H2,(H,10,11)(H,12,13). The molecule has 92 valence electrons. The Morgan fingerprint density at radius 1 is 0.875 bits per heavy atom. The first kappa shape index (κ1) is 14.4. The summed E-state index contributed by atoms with van der Waals surface area (Å²) in [6.45, 7) is 0.103. The molecule has 0 aromatic rings. The van der Waals surface area contributed by atoms with Crippen LogP contribution in [0.5, 0.6) is 0 Å². The van der Waals surface area contributed by atoms with Gasteiger partial charge in [0, 0.05) is 6.42 Å². The molecule has 16 heavy (non-hydrogen) atoms. The second-order valence-corrected chi connectivity index (χ2v) is 3.02. The van der Waals surface area contributed by atoms with Gasteiger partial charge in [0.2, 0.25) is 0 Å². The molecule has 7 heteroatoms. The summed E-state index contributed by atoms with van der Waals surface area (Å²) in [6, 6.07) is 0. The fraction of sp³-hybridized carbons (Fsp3) is 0.667. The van der Waals surface area contributed by atoms with Crippen molar-refractivity contribution in [2.24, 2.45) is 0 Å². The Hall–Kier alpha value is -1.63. The van der Waals surface area contributed by atoms with Crippen molar-refractivity contribution in [1.82, 2.24) is 0 Å². The topological polar surface area (TPSA) is 110 Å². The molecule has 0 fully saturated rings. The van der Waals surface area contributed by atoms with E-state index in [2.05, 4.69) is 9.78 Å². The molecule has 0 bridgehead atoms. The van der Waals surface area contributed by atoms with Crippen molar-refractivity contribution >= 4 is 17.9 Å². The SMILES string of the molecule is O=C(O)CCCCOOC(=O)CCC(=O)O. The van der Waals surface area contributed by atoms with Gasteiger partial charge in [-0.3, -0.25) is 14.5 Å². The van der Waals surface area contributed by atoms with Crippen molar-refractivity contribution < 1.29 is 34.4 Å². The van der Waals surface area contributed by atoms with Crippen molar-refractivity contribution in [3.05, 3.63) is 0 Å². The molecule has 0 saturated carbocycles. The van der Waals surface area contributed by atoms with Crippen molar-refractivity contribution in [2.45, 2.75) is 32.1 Å². The van der Waals surface area contributed by atoms with Gasteiger partial charge >= 0.3 is 17.9 Å². The summed E-state index contributed by atoms with van der Waals surface area (Å²) >= 11 is 0. The highest BCUT2D eigenvalue weighted by atomic mass is 17.2. The molecule has 0 aliphatic heterocycles. The molecular formula is C9H14O7. The first-order chi connectivity index (χ1) is 7.52. The lowest BCUT2D eigenvalue weighted by molar-refractivity contribution is -0.272. The van der Waals surface area contributed by atoms with Gasteiger partial charge in [0.15, 0.2) is 0 Å². The maximum absolute atomic E-state index is 10.8. The van der Waals surface area contributed by atoms with Gasteiger partial charge in [-0.25, -0.2) is 4.79 Å². The highest BCUT2D eigenvalue weighted by molar-refractivity contribution is 5.76. The molecule has 0 rings (SSSR count). The summed E-state index contributed by atoms with van der Waals surface area (Å²) < 4.78 is 0. The number of aliphatic carboxylic acids is 2. The predicted molar refractivity (Wildman–Crippen MR) is 50.4 cm³/mol. The van der Waals surface area contributed by atoms with Crippen LogP contribution in [-0.4, -0.2) is 34.7 Å². The van der Waals surface area contributed by atoms with Crippen molar-refractivity contribution in [1.29, 1.82) is 0 Å². The summed E-state index contributed by atoms with van der Waals surface area (Å²) in [7, 11) is 0. The van der Waals surface area contributed by atoms with Crippen LogP contribution in [0.25, 0.3) is 0 Å². The third-order valence-electron chi connectivity index (χ3n) is 1.56. The first-order valence-electron chi connectivity index (χ1n) is 4.78.